The molecule has 0 radical (unpaired) electrons. The van der Waals surface area contributed by atoms with Gasteiger partial charge >= 0.3 is 5.97 Å². The number of rotatable bonds is 4. The van der Waals surface area contributed by atoms with E-state index in [1.54, 1.807) is 18.3 Å². The summed E-state index contributed by atoms with van der Waals surface area (Å²) in [5.74, 6) is -0.954. The summed E-state index contributed by atoms with van der Waals surface area (Å²) in [7, 11) is 0. The number of hydrogen-bond donors (Lipinski definition) is 2. The van der Waals surface area contributed by atoms with Crippen molar-refractivity contribution in [1.82, 2.24) is 4.57 Å². The first-order valence-electron chi connectivity index (χ1n) is 5.67. The van der Waals surface area contributed by atoms with E-state index in [0.717, 1.165) is 11.1 Å². The molecule has 0 unspecified atom stereocenters. The molecule has 0 atom stereocenters. The predicted octanol–water partition coefficient (Wildman–Crippen LogP) is 2.68. The van der Waals surface area contributed by atoms with Crippen molar-refractivity contribution < 1.29 is 15.0 Å². The first-order chi connectivity index (χ1) is 8.54. The first kappa shape index (κ1) is 12.9. The van der Waals surface area contributed by atoms with Crippen LogP contribution in [0.5, 0.6) is 0 Å². The highest BCUT2D eigenvalue weighted by atomic mass is 35.5. The van der Waals surface area contributed by atoms with Crippen molar-refractivity contribution in [2.45, 2.75) is 19.9 Å². The number of fused-ring (bicyclic) bond motifs is 1. The van der Waals surface area contributed by atoms with E-state index in [1.807, 2.05) is 11.5 Å². The fourth-order valence-corrected chi connectivity index (χ4v) is 2.17. The molecule has 96 valence electrons. The SMILES string of the molecule is Cc1cc2c(C(=O)O)cn(CCCO)c2cc1Cl. The summed E-state index contributed by atoms with van der Waals surface area (Å²) in [6.07, 6.45) is 2.17. The van der Waals surface area contributed by atoms with Crippen molar-refractivity contribution in [3.8, 4) is 0 Å². The van der Waals surface area contributed by atoms with Crippen LogP contribution in [-0.2, 0) is 6.54 Å². The summed E-state index contributed by atoms with van der Waals surface area (Å²) >= 11 is 6.07. The zero-order chi connectivity index (χ0) is 13.3. The number of hydrogen-bond acceptors (Lipinski definition) is 2. The van der Waals surface area contributed by atoms with E-state index in [1.165, 1.54) is 0 Å². The van der Waals surface area contributed by atoms with E-state index >= 15 is 0 Å². The van der Waals surface area contributed by atoms with Crippen LogP contribution in [0.3, 0.4) is 0 Å². The van der Waals surface area contributed by atoms with Gasteiger partial charge in [-0.3, -0.25) is 0 Å². The number of benzene rings is 1. The van der Waals surface area contributed by atoms with E-state index in [9.17, 15) is 9.90 Å². The summed E-state index contributed by atoms with van der Waals surface area (Å²) in [6.45, 7) is 2.49. The molecule has 0 bridgehead atoms. The summed E-state index contributed by atoms with van der Waals surface area (Å²) in [6, 6.07) is 3.56. The molecule has 0 spiro atoms. The molecule has 2 aromatic rings. The average molecular weight is 268 g/mol. The minimum absolute atomic E-state index is 0.0711. The fraction of sp³-hybridized carbons (Fsp3) is 0.308. The number of halogens is 1. The van der Waals surface area contributed by atoms with Crippen LogP contribution in [0, 0.1) is 6.92 Å². The third-order valence-electron chi connectivity index (χ3n) is 2.95. The molecule has 1 heterocycles. The van der Waals surface area contributed by atoms with Gasteiger partial charge in [-0.2, -0.15) is 0 Å². The average Bonchev–Trinajstić information content (AvgIpc) is 2.66. The van der Waals surface area contributed by atoms with Crippen LogP contribution in [0.4, 0.5) is 0 Å². The Balaban J connectivity index is 2.64. The maximum absolute atomic E-state index is 11.2. The molecule has 0 saturated carbocycles. The van der Waals surface area contributed by atoms with Crippen molar-refractivity contribution in [1.29, 1.82) is 0 Å². The van der Waals surface area contributed by atoms with Crippen LogP contribution < -0.4 is 0 Å². The van der Waals surface area contributed by atoms with Gasteiger partial charge in [-0.15, -0.1) is 0 Å². The fourth-order valence-electron chi connectivity index (χ4n) is 2.02. The standard InChI is InChI=1S/C13H14ClNO3/c1-8-5-9-10(13(17)18)7-15(3-2-4-16)12(9)6-11(8)14/h5-7,16H,2-4H2,1H3,(H,17,18). The van der Waals surface area contributed by atoms with Gasteiger partial charge in [0.2, 0.25) is 0 Å². The molecule has 2 rings (SSSR count). The zero-order valence-corrected chi connectivity index (χ0v) is 10.7. The van der Waals surface area contributed by atoms with Crippen molar-refractivity contribution in [3.63, 3.8) is 0 Å². The Morgan fingerprint density at radius 1 is 1.44 bits per heavy atom. The molecule has 5 heteroatoms. The number of carbonyl (C=O) groups is 1. The topological polar surface area (TPSA) is 62.5 Å². The molecule has 0 aliphatic carbocycles. The van der Waals surface area contributed by atoms with Gasteiger partial charge in [0, 0.05) is 29.8 Å². The quantitative estimate of drug-likeness (QED) is 0.895. The van der Waals surface area contributed by atoms with Gasteiger partial charge in [-0.1, -0.05) is 11.6 Å². The molecule has 0 aliphatic heterocycles. The highest BCUT2D eigenvalue weighted by Gasteiger charge is 2.15. The van der Waals surface area contributed by atoms with Crippen LogP contribution in [0.15, 0.2) is 18.3 Å². The zero-order valence-electron chi connectivity index (χ0n) is 9.98. The van der Waals surface area contributed by atoms with E-state index in [-0.39, 0.29) is 12.2 Å². The second-order valence-corrected chi connectivity index (χ2v) is 4.64. The third kappa shape index (κ3) is 2.21. The largest absolute Gasteiger partial charge is 0.478 e. The lowest BCUT2D eigenvalue weighted by atomic mass is 10.1. The van der Waals surface area contributed by atoms with Gasteiger partial charge in [0.1, 0.15) is 0 Å². The highest BCUT2D eigenvalue weighted by Crippen LogP contribution is 2.28. The number of aryl methyl sites for hydroxylation is 2. The van der Waals surface area contributed by atoms with E-state index < -0.39 is 5.97 Å². The molecular weight excluding hydrogens is 254 g/mol. The van der Waals surface area contributed by atoms with Crippen molar-refractivity contribution in [3.05, 3.63) is 34.5 Å². The molecule has 1 aromatic carbocycles. The molecule has 0 aliphatic rings. The van der Waals surface area contributed by atoms with Gasteiger partial charge in [0.15, 0.2) is 0 Å². The minimum atomic E-state index is -0.954. The number of nitrogens with zero attached hydrogens (tertiary/aromatic N) is 1. The van der Waals surface area contributed by atoms with Crippen LogP contribution >= 0.6 is 11.6 Å². The second-order valence-electron chi connectivity index (χ2n) is 4.24. The highest BCUT2D eigenvalue weighted by molar-refractivity contribution is 6.32. The maximum Gasteiger partial charge on any atom is 0.337 e. The second kappa shape index (κ2) is 5.00. The number of aromatic nitrogens is 1. The molecule has 0 saturated heterocycles. The third-order valence-corrected chi connectivity index (χ3v) is 3.36. The van der Waals surface area contributed by atoms with Crippen LogP contribution in [-0.4, -0.2) is 27.4 Å². The molecular formula is C13H14ClNO3. The van der Waals surface area contributed by atoms with E-state index in [0.29, 0.717) is 23.4 Å². The lowest BCUT2D eigenvalue weighted by Gasteiger charge is -2.05. The van der Waals surface area contributed by atoms with Gasteiger partial charge in [0.05, 0.1) is 11.1 Å². The lowest BCUT2D eigenvalue weighted by molar-refractivity contribution is 0.0699. The molecule has 4 nitrogen and oxygen atoms in total. The minimum Gasteiger partial charge on any atom is -0.478 e. The van der Waals surface area contributed by atoms with Crippen LogP contribution in [0.1, 0.15) is 22.3 Å². The first-order valence-corrected chi connectivity index (χ1v) is 6.05. The van der Waals surface area contributed by atoms with Gasteiger partial charge in [-0.25, -0.2) is 4.79 Å². The number of aromatic carboxylic acids is 1. The Bertz CT molecular complexity index is 604. The maximum atomic E-state index is 11.2. The van der Waals surface area contributed by atoms with E-state index in [4.69, 9.17) is 16.7 Å². The van der Waals surface area contributed by atoms with E-state index in [2.05, 4.69) is 0 Å². The molecule has 18 heavy (non-hydrogen) atoms. The Kier molecular flexibility index (Phi) is 3.59. The molecule has 0 fully saturated rings. The summed E-state index contributed by atoms with van der Waals surface area (Å²) in [4.78, 5) is 11.2. The summed E-state index contributed by atoms with van der Waals surface area (Å²) in [5.41, 5.74) is 1.91. The Morgan fingerprint density at radius 2 is 2.17 bits per heavy atom. The van der Waals surface area contributed by atoms with Crippen LogP contribution in [0.25, 0.3) is 10.9 Å². The lowest BCUT2D eigenvalue weighted by Crippen LogP contribution is -1.99. The predicted molar refractivity (Wildman–Crippen MR) is 70.3 cm³/mol. The number of carboxylic acid groups (broad SMARTS) is 1. The van der Waals surface area contributed by atoms with Crippen molar-refractivity contribution in [2.75, 3.05) is 6.61 Å². The molecule has 2 N–H and O–H groups in total. The van der Waals surface area contributed by atoms with Gasteiger partial charge in [-0.05, 0) is 31.0 Å². The molecule has 1 aromatic heterocycles. The van der Waals surface area contributed by atoms with Crippen molar-refractivity contribution in [2.24, 2.45) is 0 Å². The Labute approximate surface area is 109 Å². The smallest absolute Gasteiger partial charge is 0.337 e. The number of aliphatic hydroxyl groups excluding tert-OH is 1. The monoisotopic (exact) mass is 267 g/mol. The molecule has 0 amide bonds. The normalized spacial score (nSPS) is 11.1. The van der Waals surface area contributed by atoms with Crippen LogP contribution in [0.2, 0.25) is 5.02 Å². The summed E-state index contributed by atoms with van der Waals surface area (Å²) in [5, 5.41) is 19.3. The van der Waals surface area contributed by atoms with Gasteiger partial charge < -0.3 is 14.8 Å². The number of carboxylic acids is 1. The Hall–Kier alpha value is -1.52. The van der Waals surface area contributed by atoms with Crippen molar-refractivity contribution >= 4 is 28.5 Å². The Morgan fingerprint density at radius 3 is 2.78 bits per heavy atom. The number of aliphatic hydroxyl groups is 1. The van der Waals surface area contributed by atoms with Gasteiger partial charge in [0.25, 0.3) is 0 Å². The summed E-state index contributed by atoms with van der Waals surface area (Å²) < 4.78 is 1.82.